The Balaban J connectivity index is 2.34. The largest absolute Gasteiger partial charge is 0.507 e. The van der Waals surface area contributed by atoms with Crippen molar-refractivity contribution < 1.29 is 14.7 Å². The first-order chi connectivity index (χ1) is 7.08. The van der Waals surface area contributed by atoms with Crippen molar-refractivity contribution in [3.8, 4) is 5.75 Å². The molecule has 4 nitrogen and oxygen atoms in total. The van der Waals surface area contributed by atoms with Crippen LogP contribution < -0.4 is 4.90 Å². The second-order valence-corrected chi connectivity index (χ2v) is 4.19. The van der Waals surface area contributed by atoms with Crippen molar-refractivity contribution in [2.75, 3.05) is 11.4 Å². The van der Waals surface area contributed by atoms with Crippen LogP contribution in [0.4, 0.5) is 5.69 Å². The van der Waals surface area contributed by atoms with Crippen molar-refractivity contribution in [3.05, 3.63) is 22.7 Å². The molecular formula is C10H8BrNO3. The number of aromatic hydroxyl groups is 1. The molecule has 0 saturated carbocycles. The van der Waals surface area contributed by atoms with Crippen LogP contribution in [0.1, 0.15) is 6.42 Å². The number of amides is 1. The average molecular weight is 270 g/mol. The zero-order valence-corrected chi connectivity index (χ0v) is 9.32. The highest BCUT2D eigenvalue weighted by molar-refractivity contribution is 9.10. The van der Waals surface area contributed by atoms with Gasteiger partial charge >= 0.3 is 0 Å². The molecule has 0 spiro atoms. The van der Waals surface area contributed by atoms with Gasteiger partial charge in [0.15, 0.2) is 5.78 Å². The molecule has 1 aliphatic heterocycles. The first kappa shape index (κ1) is 10.2. The summed E-state index contributed by atoms with van der Waals surface area (Å²) in [6, 6.07) is 4.71. The summed E-state index contributed by atoms with van der Waals surface area (Å²) in [7, 11) is 0. The molecular weight excluding hydrogens is 262 g/mol. The molecule has 1 heterocycles. The Morgan fingerprint density at radius 2 is 2.07 bits per heavy atom. The minimum absolute atomic E-state index is 0.0293. The van der Waals surface area contributed by atoms with E-state index in [2.05, 4.69) is 15.9 Å². The van der Waals surface area contributed by atoms with E-state index in [1.165, 1.54) is 11.0 Å². The molecule has 0 radical (unpaired) electrons. The predicted molar refractivity (Wildman–Crippen MR) is 57.8 cm³/mol. The molecule has 1 N–H and O–H groups in total. The summed E-state index contributed by atoms with van der Waals surface area (Å²) in [5.41, 5.74) is 0.621. The number of benzene rings is 1. The molecule has 1 fully saturated rings. The van der Waals surface area contributed by atoms with E-state index in [1.54, 1.807) is 12.1 Å². The fraction of sp³-hybridized carbons (Fsp3) is 0.200. The number of Topliss-reactive ketones (excluding diaryl/α,β-unsaturated/α-hetero) is 1. The van der Waals surface area contributed by atoms with Crippen molar-refractivity contribution in [3.63, 3.8) is 0 Å². The summed E-state index contributed by atoms with van der Waals surface area (Å²) in [4.78, 5) is 23.9. The van der Waals surface area contributed by atoms with Gasteiger partial charge in [0.2, 0.25) is 5.91 Å². The van der Waals surface area contributed by atoms with Gasteiger partial charge in [0.1, 0.15) is 5.75 Å². The van der Waals surface area contributed by atoms with Crippen LogP contribution in [0.15, 0.2) is 22.7 Å². The first-order valence-electron chi connectivity index (χ1n) is 4.38. The summed E-state index contributed by atoms with van der Waals surface area (Å²) in [6.07, 6.45) is -0.0293. The minimum atomic E-state index is -0.197. The van der Waals surface area contributed by atoms with Gasteiger partial charge in [-0.1, -0.05) is 0 Å². The van der Waals surface area contributed by atoms with Gasteiger partial charge in [-0.15, -0.1) is 0 Å². The quantitative estimate of drug-likeness (QED) is 0.786. The molecule has 2 rings (SSSR count). The van der Waals surface area contributed by atoms with Crippen LogP contribution in [0.25, 0.3) is 0 Å². The van der Waals surface area contributed by atoms with Gasteiger partial charge in [0.25, 0.3) is 0 Å². The number of carbonyl (C=O) groups is 2. The predicted octanol–water partition coefficient (Wildman–Crippen LogP) is 1.46. The van der Waals surface area contributed by atoms with Crippen molar-refractivity contribution in [1.82, 2.24) is 0 Å². The SMILES string of the molecule is O=C1CC(=O)N(c2ccc(O)c(Br)c2)C1. The number of halogens is 1. The Bertz CT molecular complexity index is 444. The maximum atomic E-state index is 11.4. The Morgan fingerprint density at radius 1 is 1.33 bits per heavy atom. The molecule has 1 aromatic rings. The molecule has 15 heavy (non-hydrogen) atoms. The standard InChI is InChI=1S/C10H8BrNO3/c11-8-3-6(1-2-9(8)14)12-5-7(13)4-10(12)15/h1-3,14H,4-5H2. The van der Waals surface area contributed by atoms with E-state index < -0.39 is 0 Å². The van der Waals surface area contributed by atoms with E-state index in [0.29, 0.717) is 10.2 Å². The van der Waals surface area contributed by atoms with Crippen LogP contribution in [0.2, 0.25) is 0 Å². The highest BCUT2D eigenvalue weighted by Crippen LogP contribution is 2.29. The minimum Gasteiger partial charge on any atom is -0.507 e. The maximum Gasteiger partial charge on any atom is 0.234 e. The van der Waals surface area contributed by atoms with Gasteiger partial charge in [-0.3, -0.25) is 9.59 Å². The number of hydrogen-bond acceptors (Lipinski definition) is 3. The normalized spacial score (nSPS) is 16.2. The first-order valence-corrected chi connectivity index (χ1v) is 5.18. The smallest absolute Gasteiger partial charge is 0.234 e. The van der Waals surface area contributed by atoms with Crippen LogP contribution in [-0.4, -0.2) is 23.3 Å². The Morgan fingerprint density at radius 3 is 2.60 bits per heavy atom. The number of hydrogen-bond donors (Lipinski definition) is 1. The third-order valence-electron chi connectivity index (χ3n) is 2.23. The third-order valence-corrected chi connectivity index (χ3v) is 2.86. The lowest BCUT2D eigenvalue weighted by Gasteiger charge is -2.15. The van der Waals surface area contributed by atoms with Gasteiger partial charge in [0.05, 0.1) is 17.4 Å². The van der Waals surface area contributed by atoms with Gasteiger partial charge < -0.3 is 10.0 Å². The molecule has 0 aliphatic carbocycles. The van der Waals surface area contributed by atoms with Crippen molar-refractivity contribution >= 4 is 33.3 Å². The highest BCUT2D eigenvalue weighted by atomic mass is 79.9. The van der Waals surface area contributed by atoms with E-state index in [0.717, 1.165) is 0 Å². The Hall–Kier alpha value is -1.36. The van der Waals surface area contributed by atoms with E-state index in [-0.39, 0.29) is 30.4 Å². The number of rotatable bonds is 1. The second-order valence-electron chi connectivity index (χ2n) is 3.33. The summed E-state index contributed by atoms with van der Waals surface area (Å²) >= 11 is 3.16. The zero-order valence-electron chi connectivity index (χ0n) is 7.74. The molecule has 1 saturated heterocycles. The second kappa shape index (κ2) is 3.66. The van der Waals surface area contributed by atoms with Crippen LogP contribution in [-0.2, 0) is 9.59 Å². The summed E-state index contributed by atoms with van der Waals surface area (Å²) in [6.45, 7) is 0.121. The molecule has 1 aromatic carbocycles. The average Bonchev–Trinajstić information content (AvgIpc) is 2.50. The van der Waals surface area contributed by atoms with Crippen LogP contribution in [0.3, 0.4) is 0 Å². The number of carbonyl (C=O) groups excluding carboxylic acids is 2. The lowest BCUT2D eigenvalue weighted by atomic mass is 10.3. The fourth-order valence-corrected chi connectivity index (χ4v) is 1.85. The van der Waals surface area contributed by atoms with E-state index in [1.807, 2.05) is 0 Å². The van der Waals surface area contributed by atoms with Gasteiger partial charge in [-0.25, -0.2) is 0 Å². The third kappa shape index (κ3) is 1.87. The van der Waals surface area contributed by atoms with Gasteiger partial charge in [-0.05, 0) is 34.1 Å². The summed E-state index contributed by atoms with van der Waals surface area (Å²) in [5, 5.41) is 9.29. The lowest BCUT2D eigenvalue weighted by molar-refractivity contribution is -0.121. The lowest BCUT2D eigenvalue weighted by Crippen LogP contribution is -2.24. The zero-order chi connectivity index (χ0) is 11.0. The molecule has 1 aliphatic rings. The number of phenolic OH excluding ortho intramolecular Hbond substituents is 1. The fourth-order valence-electron chi connectivity index (χ4n) is 1.48. The number of nitrogens with zero attached hydrogens (tertiary/aromatic N) is 1. The van der Waals surface area contributed by atoms with Crippen LogP contribution in [0.5, 0.6) is 5.75 Å². The van der Waals surface area contributed by atoms with Crippen molar-refractivity contribution in [2.24, 2.45) is 0 Å². The Kier molecular flexibility index (Phi) is 2.48. The van der Waals surface area contributed by atoms with Crippen molar-refractivity contribution in [1.29, 1.82) is 0 Å². The molecule has 1 amide bonds. The van der Waals surface area contributed by atoms with E-state index in [4.69, 9.17) is 0 Å². The van der Waals surface area contributed by atoms with E-state index >= 15 is 0 Å². The summed E-state index contributed by atoms with van der Waals surface area (Å²) < 4.78 is 0.507. The van der Waals surface area contributed by atoms with Gasteiger partial charge in [-0.2, -0.15) is 0 Å². The number of anilines is 1. The van der Waals surface area contributed by atoms with Crippen LogP contribution in [0, 0.1) is 0 Å². The molecule has 0 atom stereocenters. The molecule has 78 valence electrons. The van der Waals surface area contributed by atoms with Gasteiger partial charge in [0, 0.05) is 5.69 Å². The summed E-state index contributed by atoms with van der Waals surface area (Å²) in [5.74, 6) is -0.168. The molecule has 0 bridgehead atoms. The van der Waals surface area contributed by atoms with E-state index in [9.17, 15) is 14.7 Å². The maximum absolute atomic E-state index is 11.4. The number of ketones is 1. The van der Waals surface area contributed by atoms with Crippen LogP contribution >= 0.6 is 15.9 Å². The Labute approximate surface area is 94.6 Å². The molecule has 0 aromatic heterocycles. The molecule has 0 unspecified atom stereocenters. The number of phenols is 1. The van der Waals surface area contributed by atoms with Crippen molar-refractivity contribution in [2.45, 2.75) is 6.42 Å². The molecule has 5 heteroatoms. The topological polar surface area (TPSA) is 57.6 Å². The monoisotopic (exact) mass is 269 g/mol. The highest BCUT2D eigenvalue weighted by Gasteiger charge is 2.28.